The van der Waals surface area contributed by atoms with Gasteiger partial charge in [-0.25, -0.2) is 4.79 Å². The van der Waals surface area contributed by atoms with Gasteiger partial charge in [-0.15, -0.1) is 0 Å². The summed E-state index contributed by atoms with van der Waals surface area (Å²) in [6, 6.07) is 5.34. The highest BCUT2D eigenvalue weighted by Crippen LogP contribution is 2.29. The molecule has 1 rings (SSSR count). The van der Waals surface area contributed by atoms with Gasteiger partial charge in [0.2, 0.25) is 0 Å². The number of carbonyl (C=O) groups is 1. The number of aliphatic carboxylic acids is 1. The molecule has 0 heterocycles. The molecule has 4 nitrogen and oxygen atoms in total. The Balaban J connectivity index is 2.97. The van der Waals surface area contributed by atoms with Gasteiger partial charge in [0.15, 0.2) is 6.10 Å². The van der Waals surface area contributed by atoms with Crippen LogP contribution in [0.25, 0.3) is 0 Å². The fourth-order valence-electron chi connectivity index (χ4n) is 2.08. The van der Waals surface area contributed by atoms with Crippen molar-refractivity contribution in [3.05, 3.63) is 28.8 Å². The van der Waals surface area contributed by atoms with E-state index in [1.807, 2.05) is 19.9 Å². The zero-order chi connectivity index (χ0) is 15.8. The molecule has 0 bridgehead atoms. The smallest absolute Gasteiger partial charge is 0.344 e. The maximum atomic E-state index is 11.2. The fourth-order valence-corrected chi connectivity index (χ4v) is 2.26. The summed E-state index contributed by atoms with van der Waals surface area (Å²) < 4.78 is 5.71. The number of carboxylic acids is 1. The molecule has 1 aromatic rings. The Labute approximate surface area is 131 Å². The van der Waals surface area contributed by atoms with Crippen LogP contribution in [0.2, 0.25) is 5.02 Å². The van der Waals surface area contributed by atoms with Crippen molar-refractivity contribution in [2.75, 3.05) is 6.54 Å². The van der Waals surface area contributed by atoms with Crippen LogP contribution < -0.4 is 10.1 Å². The van der Waals surface area contributed by atoms with E-state index in [1.54, 1.807) is 12.1 Å². The maximum Gasteiger partial charge on any atom is 0.344 e. The van der Waals surface area contributed by atoms with Gasteiger partial charge in [0.1, 0.15) is 5.75 Å². The average Bonchev–Trinajstić information content (AvgIpc) is 2.45. The van der Waals surface area contributed by atoms with Gasteiger partial charge in [0, 0.05) is 16.6 Å². The molecule has 0 aliphatic heterocycles. The van der Waals surface area contributed by atoms with Gasteiger partial charge in [0.05, 0.1) is 0 Å². The number of rotatable bonds is 9. The molecule has 0 spiro atoms. The lowest BCUT2D eigenvalue weighted by Crippen LogP contribution is -2.28. The summed E-state index contributed by atoms with van der Waals surface area (Å²) in [5, 5.41) is 13.2. The topological polar surface area (TPSA) is 58.6 Å². The van der Waals surface area contributed by atoms with Crippen LogP contribution in [0.3, 0.4) is 0 Å². The summed E-state index contributed by atoms with van der Waals surface area (Å²) in [5.41, 5.74) is 0.887. The first-order valence-corrected chi connectivity index (χ1v) is 7.79. The van der Waals surface area contributed by atoms with E-state index in [-0.39, 0.29) is 6.04 Å². The van der Waals surface area contributed by atoms with Crippen molar-refractivity contribution in [2.45, 2.75) is 52.2 Å². The molecule has 5 heteroatoms. The van der Waals surface area contributed by atoms with Crippen LogP contribution in [-0.4, -0.2) is 23.7 Å². The average molecular weight is 314 g/mol. The van der Waals surface area contributed by atoms with E-state index in [4.69, 9.17) is 16.3 Å². The SMILES string of the molecule is CCCNC(C)c1cc(Cl)ccc1OC(CCC)C(=O)O. The van der Waals surface area contributed by atoms with Crippen LogP contribution in [0.5, 0.6) is 5.75 Å². The second-order valence-corrected chi connectivity index (χ2v) is 5.53. The molecular weight excluding hydrogens is 290 g/mol. The molecule has 0 aliphatic carbocycles. The monoisotopic (exact) mass is 313 g/mol. The Morgan fingerprint density at radius 1 is 1.38 bits per heavy atom. The molecule has 0 saturated carbocycles. The number of hydrogen-bond acceptors (Lipinski definition) is 3. The number of ether oxygens (including phenoxy) is 1. The molecule has 0 aromatic heterocycles. The first kappa shape index (κ1) is 17.8. The highest BCUT2D eigenvalue weighted by atomic mass is 35.5. The van der Waals surface area contributed by atoms with Gasteiger partial charge < -0.3 is 15.2 Å². The van der Waals surface area contributed by atoms with Crippen LogP contribution in [-0.2, 0) is 4.79 Å². The van der Waals surface area contributed by atoms with E-state index >= 15 is 0 Å². The number of benzene rings is 1. The van der Waals surface area contributed by atoms with Gasteiger partial charge in [0.25, 0.3) is 0 Å². The van der Waals surface area contributed by atoms with E-state index in [1.165, 1.54) is 0 Å². The van der Waals surface area contributed by atoms with E-state index < -0.39 is 12.1 Å². The summed E-state index contributed by atoms with van der Waals surface area (Å²) >= 11 is 6.06. The van der Waals surface area contributed by atoms with Crippen LogP contribution in [0.4, 0.5) is 0 Å². The largest absolute Gasteiger partial charge is 0.479 e. The maximum absolute atomic E-state index is 11.2. The molecule has 2 atom stereocenters. The van der Waals surface area contributed by atoms with E-state index in [0.29, 0.717) is 17.2 Å². The third-order valence-electron chi connectivity index (χ3n) is 3.23. The third-order valence-corrected chi connectivity index (χ3v) is 3.47. The van der Waals surface area contributed by atoms with Crippen LogP contribution >= 0.6 is 11.6 Å². The van der Waals surface area contributed by atoms with Gasteiger partial charge in [-0.1, -0.05) is 31.9 Å². The first-order valence-electron chi connectivity index (χ1n) is 7.41. The van der Waals surface area contributed by atoms with Crippen molar-refractivity contribution in [3.8, 4) is 5.75 Å². The molecule has 21 heavy (non-hydrogen) atoms. The van der Waals surface area contributed by atoms with E-state index in [2.05, 4.69) is 12.2 Å². The van der Waals surface area contributed by atoms with Crippen molar-refractivity contribution in [3.63, 3.8) is 0 Å². The minimum Gasteiger partial charge on any atom is -0.479 e. The lowest BCUT2D eigenvalue weighted by molar-refractivity contribution is -0.145. The Hall–Kier alpha value is -1.26. The molecule has 0 amide bonds. The van der Waals surface area contributed by atoms with Gasteiger partial charge in [-0.05, 0) is 44.5 Å². The highest BCUT2D eigenvalue weighted by molar-refractivity contribution is 6.30. The highest BCUT2D eigenvalue weighted by Gasteiger charge is 2.21. The van der Waals surface area contributed by atoms with Gasteiger partial charge in [-0.2, -0.15) is 0 Å². The fraction of sp³-hybridized carbons (Fsp3) is 0.562. The molecular formula is C16H24ClNO3. The van der Waals surface area contributed by atoms with Gasteiger partial charge >= 0.3 is 5.97 Å². The van der Waals surface area contributed by atoms with Gasteiger partial charge in [-0.3, -0.25) is 0 Å². The predicted molar refractivity (Wildman–Crippen MR) is 85.1 cm³/mol. The summed E-state index contributed by atoms with van der Waals surface area (Å²) in [6.07, 6.45) is 1.43. The zero-order valence-corrected chi connectivity index (χ0v) is 13.6. The zero-order valence-electron chi connectivity index (χ0n) is 12.9. The minimum atomic E-state index is -0.938. The number of carboxylic acid groups (broad SMARTS) is 1. The number of hydrogen-bond donors (Lipinski definition) is 2. The predicted octanol–water partition coefficient (Wildman–Crippen LogP) is 4.03. The molecule has 0 fully saturated rings. The second-order valence-electron chi connectivity index (χ2n) is 5.09. The number of halogens is 1. The molecule has 1 aromatic carbocycles. The summed E-state index contributed by atoms with van der Waals surface area (Å²) in [7, 11) is 0. The molecule has 0 aliphatic rings. The summed E-state index contributed by atoms with van der Waals surface area (Å²) in [6.45, 7) is 6.93. The van der Waals surface area contributed by atoms with Crippen LogP contribution in [0.15, 0.2) is 18.2 Å². The molecule has 0 radical (unpaired) electrons. The molecule has 2 unspecified atom stereocenters. The van der Waals surface area contributed by atoms with Crippen molar-refractivity contribution in [1.82, 2.24) is 5.32 Å². The van der Waals surface area contributed by atoms with Crippen molar-refractivity contribution >= 4 is 17.6 Å². The van der Waals surface area contributed by atoms with Crippen molar-refractivity contribution in [1.29, 1.82) is 0 Å². The molecule has 118 valence electrons. The van der Waals surface area contributed by atoms with Crippen molar-refractivity contribution < 1.29 is 14.6 Å². The first-order chi connectivity index (χ1) is 9.99. The normalized spacial score (nSPS) is 13.7. The standard InChI is InChI=1S/C16H24ClNO3/c1-4-6-15(16(19)20)21-14-8-7-12(17)10-13(14)11(3)18-9-5-2/h7-8,10-11,15,18H,4-6,9H2,1-3H3,(H,19,20). The Kier molecular flexibility index (Phi) is 7.54. The Bertz CT molecular complexity index is 465. The minimum absolute atomic E-state index is 0.0507. The Morgan fingerprint density at radius 2 is 2.10 bits per heavy atom. The third kappa shape index (κ3) is 5.56. The molecule has 0 saturated heterocycles. The van der Waals surface area contributed by atoms with E-state index in [0.717, 1.165) is 24.9 Å². The summed E-state index contributed by atoms with van der Waals surface area (Å²) in [5.74, 6) is -0.358. The van der Waals surface area contributed by atoms with Crippen LogP contribution in [0.1, 0.15) is 51.6 Å². The quantitative estimate of drug-likeness (QED) is 0.722. The molecule has 2 N–H and O–H groups in total. The van der Waals surface area contributed by atoms with Crippen molar-refractivity contribution in [2.24, 2.45) is 0 Å². The summed E-state index contributed by atoms with van der Waals surface area (Å²) in [4.78, 5) is 11.2. The Morgan fingerprint density at radius 3 is 2.67 bits per heavy atom. The second kappa shape index (κ2) is 8.90. The van der Waals surface area contributed by atoms with E-state index in [9.17, 15) is 9.90 Å². The lowest BCUT2D eigenvalue weighted by atomic mass is 10.1. The number of nitrogens with one attached hydrogen (secondary N) is 1. The van der Waals surface area contributed by atoms with Crippen LogP contribution in [0, 0.1) is 0 Å². The lowest BCUT2D eigenvalue weighted by Gasteiger charge is -2.21.